The van der Waals surface area contributed by atoms with Crippen LogP contribution in [0.25, 0.3) is 10.9 Å². The van der Waals surface area contributed by atoms with Crippen LogP contribution in [0.5, 0.6) is 0 Å². The van der Waals surface area contributed by atoms with E-state index in [4.69, 9.17) is 11.6 Å². The van der Waals surface area contributed by atoms with Crippen LogP contribution in [-0.2, 0) is 14.8 Å². The molecular formula is C26H29ClN4O4S. The summed E-state index contributed by atoms with van der Waals surface area (Å²) in [5, 5.41) is 7.48. The lowest BCUT2D eigenvalue weighted by atomic mass is 9.83. The van der Waals surface area contributed by atoms with Gasteiger partial charge in [-0.1, -0.05) is 30.5 Å². The molecule has 1 aliphatic carbocycles. The molecule has 190 valence electrons. The van der Waals surface area contributed by atoms with Crippen molar-refractivity contribution >= 4 is 55.7 Å². The van der Waals surface area contributed by atoms with Crippen molar-refractivity contribution in [1.82, 2.24) is 10.3 Å². The van der Waals surface area contributed by atoms with E-state index in [2.05, 4.69) is 15.6 Å². The van der Waals surface area contributed by atoms with Gasteiger partial charge in [-0.25, -0.2) is 8.42 Å². The second-order valence-corrected chi connectivity index (χ2v) is 11.9. The second-order valence-electron chi connectivity index (χ2n) is 9.50. The Kier molecular flexibility index (Phi) is 6.94. The molecule has 3 N–H and O–H groups in total. The Hall–Kier alpha value is -3.04. The lowest BCUT2D eigenvalue weighted by Crippen LogP contribution is -2.46. The first-order valence-corrected chi connectivity index (χ1v) is 14.3. The van der Waals surface area contributed by atoms with Crippen LogP contribution < -0.4 is 14.9 Å². The van der Waals surface area contributed by atoms with E-state index in [1.54, 1.807) is 42.6 Å². The van der Waals surface area contributed by atoms with Crippen molar-refractivity contribution < 1.29 is 18.0 Å². The van der Waals surface area contributed by atoms with Crippen molar-refractivity contribution in [2.24, 2.45) is 5.92 Å². The number of aromatic nitrogens is 1. The molecule has 0 radical (unpaired) electrons. The molecular weight excluding hydrogens is 500 g/mol. The fourth-order valence-electron chi connectivity index (χ4n) is 5.13. The quantitative estimate of drug-likeness (QED) is 0.446. The third-order valence-corrected chi connectivity index (χ3v) is 9.27. The van der Waals surface area contributed by atoms with E-state index < -0.39 is 10.0 Å². The summed E-state index contributed by atoms with van der Waals surface area (Å²) in [7, 11) is -3.29. The van der Waals surface area contributed by atoms with Crippen LogP contribution in [0.1, 0.15) is 48.9 Å². The predicted octanol–water partition coefficient (Wildman–Crippen LogP) is 4.68. The number of carbonyl (C=O) groups is 2. The van der Waals surface area contributed by atoms with Crippen molar-refractivity contribution in [2.45, 2.75) is 44.6 Å². The Morgan fingerprint density at radius 1 is 1.00 bits per heavy atom. The number of H-pyrrole nitrogens is 1. The van der Waals surface area contributed by atoms with Gasteiger partial charge < -0.3 is 15.6 Å². The molecule has 2 heterocycles. The van der Waals surface area contributed by atoms with Crippen LogP contribution in [0.3, 0.4) is 0 Å². The summed E-state index contributed by atoms with van der Waals surface area (Å²) in [5.74, 6) is -0.565. The molecule has 3 aromatic rings. The number of amides is 2. The number of hydrogen-bond donors (Lipinski definition) is 3. The molecule has 2 aromatic carbocycles. The molecule has 5 rings (SSSR count). The minimum atomic E-state index is -3.29. The SMILES string of the molecule is O=C(N[C@@H]1CCCC[C@@H]1C(=O)Nc1ccc(N2CCCCS2(=O)=O)cc1)c1ccc2c(Cl)c[nH]c2c1. The van der Waals surface area contributed by atoms with Crippen LogP contribution in [-0.4, -0.2) is 43.6 Å². The van der Waals surface area contributed by atoms with Gasteiger partial charge in [0.25, 0.3) is 5.91 Å². The summed E-state index contributed by atoms with van der Waals surface area (Å²) in [6, 6.07) is 11.9. The zero-order chi connectivity index (χ0) is 25.3. The fourth-order valence-corrected chi connectivity index (χ4v) is 6.98. The standard InChI is InChI=1S/C26H29ClN4O4S/c27-22-16-28-24-15-17(7-12-20(22)24)25(32)30-23-6-2-1-5-21(23)26(33)29-18-8-10-19(11-9-18)31-13-3-4-14-36(31,34)35/h7-12,15-16,21,23,28H,1-6,13-14H2,(H,29,33)(H,30,32)/t21-,23+/m0/s1. The molecule has 0 spiro atoms. The minimum Gasteiger partial charge on any atom is -0.360 e. The number of nitrogens with one attached hydrogen (secondary N) is 3. The highest BCUT2D eigenvalue weighted by molar-refractivity contribution is 7.92. The van der Waals surface area contributed by atoms with Gasteiger partial charge in [-0.05, 0) is 62.1 Å². The minimum absolute atomic E-state index is 0.148. The number of hydrogen-bond acceptors (Lipinski definition) is 4. The maximum atomic E-state index is 13.2. The first-order chi connectivity index (χ1) is 17.3. The molecule has 1 aliphatic heterocycles. The van der Waals surface area contributed by atoms with Gasteiger partial charge in [-0.2, -0.15) is 0 Å². The molecule has 36 heavy (non-hydrogen) atoms. The number of nitrogens with zero attached hydrogens (tertiary/aromatic N) is 1. The monoisotopic (exact) mass is 528 g/mol. The predicted molar refractivity (Wildman–Crippen MR) is 142 cm³/mol. The topological polar surface area (TPSA) is 111 Å². The Balaban J connectivity index is 1.25. The Bertz CT molecular complexity index is 1390. The highest BCUT2D eigenvalue weighted by Crippen LogP contribution is 2.29. The number of sulfonamides is 1. The fraction of sp³-hybridized carbons (Fsp3) is 0.385. The van der Waals surface area contributed by atoms with Crippen LogP contribution in [0.2, 0.25) is 5.02 Å². The normalized spacial score (nSPS) is 21.8. The summed E-state index contributed by atoms with van der Waals surface area (Å²) < 4.78 is 26.2. The molecule has 2 atom stereocenters. The van der Waals surface area contributed by atoms with Crippen LogP contribution >= 0.6 is 11.6 Å². The molecule has 0 unspecified atom stereocenters. The number of rotatable bonds is 5. The molecule has 8 nitrogen and oxygen atoms in total. The van der Waals surface area contributed by atoms with Gasteiger partial charge in [0.05, 0.1) is 22.4 Å². The third-order valence-electron chi connectivity index (χ3n) is 7.08. The van der Waals surface area contributed by atoms with E-state index >= 15 is 0 Å². The Morgan fingerprint density at radius 2 is 1.78 bits per heavy atom. The van der Waals surface area contributed by atoms with Crippen molar-refractivity contribution in [3.63, 3.8) is 0 Å². The molecule has 1 aromatic heterocycles. The van der Waals surface area contributed by atoms with E-state index in [0.29, 0.717) is 41.3 Å². The lowest BCUT2D eigenvalue weighted by molar-refractivity contribution is -0.121. The number of anilines is 2. The van der Waals surface area contributed by atoms with Crippen molar-refractivity contribution in [1.29, 1.82) is 0 Å². The van der Waals surface area contributed by atoms with Crippen LogP contribution in [0, 0.1) is 5.92 Å². The number of aromatic amines is 1. The van der Waals surface area contributed by atoms with Gasteiger partial charge in [-0.3, -0.25) is 13.9 Å². The summed E-state index contributed by atoms with van der Waals surface area (Å²) in [6.07, 6.45) is 6.48. The van der Waals surface area contributed by atoms with E-state index in [1.807, 2.05) is 6.07 Å². The summed E-state index contributed by atoms with van der Waals surface area (Å²) in [6.45, 7) is 0.474. The van der Waals surface area contributed by atoms with E-state index in [0.717, 1.165) is 36.6 Å². The van der Waals surface area contributed by atoms with Gasteiger partial charge in [-0.15, -0.1) is 0 Å². The first kappa shape index (κ1) is 24.6. The van der Waals surface area contributed by atoms with Gasteiger partial charge in [0, 0.05) is 40.9 Å². The van der Waals surface area contributed by atoms with Gasteiger partial charge in [0.15, 0.2) is 0 Å². The Labute approximate surface area is 215 Å². The van der Waals surface area contributed by atoms with Gasteiger partial charge in [0.1, 0.15) is 0 Å². The van der Waals surface area contributed by atoms with E-state index in [1.165, 1.54) is 4.31 Å². The highest BCUT2D eigenvalue weighted by atomic mass is 35.5. The molecule has 1 saturated carbocycles. The molecule has 0 bridgehead atoms. The number of halogens is 1. The zero-order valence-electron chi connectivity index (χ0n) is 19.8. The molecule has 2 aliphatic rings. The van der Waals surface area contributed by atoms with E-state index in [9.17, 15) is 18.0 Å². The summed E-state index contributed by atoms with van der Waals surface area (Å²) >= 11 is 6.14. The highest BCUT2D eigenvalue weighted by Gasteiger charge is 2.32. The van der Waals surface area contributed by atoms with Crippen molar-refractivity contribution in [3.8, 4) is 0 Å². The smallest absolute Gasteiger partial charge is 0.251 e. The summed E-state index contributed by atoms with van der Waals surface area (Å²) in [5.41, 5.74) is 2.50. The van der Waals surface area contributed by atoms with Crippen molar-refractivity contribution in [3.05, 3.63) is 59.2 Å². The number of benzene rings is 2. The average molecular weight is 529 g/mol. The molecule has 10 heteroatoms. The number of fused-ring (bicyclic) bond motifs is 1. The second kappa shape index (κ2) is 10.1. The zero-order valence-corrected chi connectivity index (χ0v) is 21.4. The van der Waals surface area contributed by atoms with Crippen molar-refractivity contribution in [2.75, 3.05) is 21.9 Å². The van der Waals surface area contributed by atoms with Crippen LogP contribution in [0.4, 0.5) is 11.4 Å². The average Bonchev–Trinajstić information content (AvgIpc) is 3.24. The number of carbonyl (C=O) groups excluding carboxylic acids is 2. The molecule has 1 saturated heterocycles. The maximum Gasteiger partial charge on any atom is 0.251 e. The summed E-state index contributed by atoms with van der Waals surface area (Å²) in [4.78, 5) is 29.2. The van der Waals surface area contributed by atoms with E-state index in [-0.39, 0.29) is 29.5 Å². The lowest BCUT2D eigenvalue weighted by Gasteiger charge is -2.31. The largest absolute Gasteiger partial charge is 0.360 e. The van der Waals surface area contributed by atoms with Gasteiger partial charge in [0.2, 0.25) is 15.9 Å². The first-order valence-electron chi connectivity index (χ1n) is 12.3. The van der Waals surface area contributed by atoms with Crippen LogP contribution in [0.15, 0.2) is 48.7 Å². The Morgan fingerprint density at radius 3 is 2.56 bits per heavy atom. The van der Waals surface area contributed by atoms with Gasteiger partial charge >= 0.3 is 0 Å². The third kappa shape index (κ3) is 5.08. The molecule has 2 amide bonds. The molecule has 2 fully saturated rings. The maximum absolute atomic E-state index is 13.2.